The van der Waals surface area contributed by atoms with Crippen LogP contribution < -0.4 is 26.6 Å². The smallest absolute Gasteiger partial charge is 0.272 e. The Labute approximate surface area is 665 Å². The van der Waals surface area contributed by atoms with E-state index in [2.05, 4.69) is 162 Å². The van der Waals surface area contributed by atoms with Gasteiger partial charge in [-0.2, -0.15) is 5.10 Å². The molecule has 586 valence electrons. The van der Waals surface area contributed by atoms with Crippen LogP contribution in [0.2, 0.25) is 16.6 Å². The molecule has 5 heterocycles. The Morgan fingerprint density at radius 2 is 0.839 bits per heavy atom. The zero-order chi connectivity index (χ0) is 79.9. The topological polar surface area (TPSA) is 241 Å². The minimum Gasteiger partial charge on any atom is -0.348 e. The highest BCUT2D eigenvalue weighted by molar-refractivity contribution is 6.90. The van der Waals surface area contributed by atoms with Gasteiger partial charge >= 0.3 is 0 Å². The number of benzene rings is 3. The van der Waals surface area contributed by atoms with Crippen molar-refractivity contribution in [2.45, 2.75) is 251 Å². The van der Waals surface area contributed by atoms with E-state index in [0.717, 1.165) is 167 Å². The number of nitrogens with one attached hydrogen (secondary N) is 5. The third-order valence-corrected chi connectivity index (χ3v) is 28.6. The first-order valence-electron chi connectivity index (χ1n) is 40.6. The van der Waals surface area contributed by atoms with Crippen molar-refractivity contribution in [2.24, 2.45) is 36.6 Å². The minimum absolute atomic E-state index is 0.0642. The lowest BCUT2D eigenvalue weighted by atomic mass is 9.86. The fourth-order valence-corrected chi connectivity index (χ4v) is 22.1. The van der Waals surface area contributed by atoms with Crippen LogP contribution in [0.5, 0.6) is 0 Å². The second kappa shape index (κ2) is 43.3. The molecule has 5 aliphatic carbocycles. The lowest BCUT2D eigenvalue weighted by Crippen LogP contribution is -2.43. The highest BCUT2D eigenvalue weighted by atomic mass is 28.3. The highest BCUT2D eigenvalue weighted by Gasteiger charge is 2.42. The molecule has 0 saturated heterocycles. The van der Waals surface area contributed by atoms with Crippen molar-refractivity contribution < 1.29 is 24.0 Å². The van der Waals surface area contributed by atoms with Crippen molar-refractivity contribution in [2.75, 3.05) is 0 Å². The molecule has 5 amide bonds. The standard InChI is InChI=1S/C27H38N2OSi.C19H20N2O.C18H21N3O.C15H19N3O.C14H17N3O/c1-19(2)31(20(3)4,21(5)6)17-15-22-10-9-12-24(18-22)29-27(30)26-25-13-8-7-11-23(25)14-16-28-26;1-2-6-14-7-5-9-16(13-14)20-19(22)18-12-11-15-8-3-4-10-17(15)21-18;1-3-7-13-8-6-9-14(12-13)19-18(22)17-15-10-4-5-11-16(15)21(2)20-17;1-3-5-12-6-4-7-13(8-12)18-15(19)14-10-16-11(2)9-17-14;1-2-4-11-5-3-6-12(9-11)17-14(18)13-10-15-7-8-16-13/h7-8,11,13-14,16,19-22,24H,9-10,12,18H2,1-6H3,(H,29,30);3-4,8,10-12,14,16H,5,7,9,13H2,1H3,(H,20,22);4-5,10-11,13-14H,6,8-9,12H2,1-2H3,(H,19,22);9-10,12-13H,4,6-8H2,1-2H3,(H,18,19);7-8,10-12H,3,5-6,9H2,1H3,(H,17,18). The van der Waals surface area contributed by atoms with Crippen molar-refractivity contribution in [1.82, 2.24) is 66.3 Å². The van der Waals surface area contributed by atoms with Crippen LogP contribution in [-0.2, 0) is 7.05 Å². The van der Waals surface area contributed by atoms with Gasteiger partial charge in [-0.25, -0.2) is 15.0 Å². The average molecular weight is 1520 g/mol. The molecule has 13 rings (SSSR count). The van der Waals surface area contributed by atoms with E-state index >= 15 is 0 Å². The number of nitrogens with zero attached hydrogens (tertiary/aromatic N) is 8. The van der Waals surface area contributed by atoms with E-state index in [4.69, 9.17) is 0 Å². The predicted octanol–water partition coefficient (Wildman–Crippen LogP) is 17.1. The molecule has 5 fully saturated rings. The Hall–Kier alpha value is -10.5. The molecule has 0 bridgehead atoms. The number of pyridine rings is 2. The van der Waals surface area contributed by atoms with Gasteiger partial charge < -0.3 is 26.6 Å². The number of fused-ring (bicyclic) bond motifs is 3. The van der Waals surface area contributed by atoms with Gasteiger partial charge in [0.1, 0.15) is 30.8 Å². The van der Waals surface area contributed by atoms with Gasteiger partial charge in [-0.3, -0.25) is 43.6 Å². The summed E-state index contributed by atoms with van der Waals surface area (Å²) in [6.45, 7) is 23.5. The van der Waals surface area contributed by atoms with Crippen molar-refractivity contribution in [1.29, 1.82) is 0 Å². The summed E-state index contributed by atoms with van der Waals surface area (Å²) < 4.78 is 1.76. The quantitative estimate of drug-likeness (QED) is 0.0535. The molecule has 0 aliphatic heterocycles. The summed E-state index contributed by atoms with van der Waals surface area (Å²) >= 11 is 0. The molecular weight excluding hydrogens is 1410 g/mol. The SMILES string of the molecule is CC#CC1CCCC(NC(=O)c2ccc3ccccc3n2)C1.CC#CC1CCCC(NC(=O)c2cnc(C)cn2)C1.CC#CC1CCCC(NC(=O)c2cnccn2)C1.CC#CC1CCCC(NC(=O)c2nn(C)c3ccccc23)C1.CC(C)[Si](C#CC1CCCC(NC(=O)c2nccc3ccccc23)C1)(C(C)C)C(C)C. The van der Waals surface area contributed by atoms with Gasteiger partial charge in [-0.15, -0.1) is 58.8 Å². The zero-order valence-corrected chi connectivity index (χ0v) is 68.9. The molecule has 0 radical (unpaired) electrons. The molecule has 8 aromatic rings. The van der Waals surface area contributed by atoms with Crippen LogP contribution in [0.1, 0.15) is 256 Å². The Kier molecular flexibility index (Phi) is 33.1. The summed E-state index contributed by atoms with van der Waals surface area (Å²) in [4.78, 5) is 86.9. The summed E-state index contributed by atoms with van der Waals surface area (Å²) in [6, 6.07) is 30.3. The van der Waals surface area contributed by atoms with E-state index in [-0.39, 0.29) is 59.7 Å². The minimum atomic E-state index is -1.71. The van der Waals surface area contributed by atoms with Crippen LogP contribution in [0.25, 0.3) is 32.6 Å². The Bertz CT molecular complexity index is 4780. The number of carbonyl (C=O) groups is 5. The molecule has 0 spiro atoms. The normalized spacial score (nSPS) is 21.1. The molecule has 5 aromatic heterocycles. The van der Waals surface area contributed by atoms with E-state index in [9.17, 15) is 24.0 Å². The lowest BCUT2D eigenvalue weighted by Gasteiger charge is -2.38. The van der Waals surface area contributed by atoms with Gasteiger partial charge in [0.2, 0.25) is 0 Å². The summed E-state index contributed by atoms with van der Waals surface area (Å²) in [6.07, 6.45) is 30.5. The summed E-state index contributed by atoms with van der Waals surface area (Å²) in [5.74, 6) is 30.0. The van der Waals surface area contributed by atoms with Crippen LogP contribution in [0.15, 0.2) is 128 Å². The molecule has 5 N–H and O–H groups in total. The van der Waals surface area contributed by atoms with Crippen LogP contribution in [0.3, 0.4) is 0 Å². The molecule has 18 nitrogen and oxygen atoms in total. The fraction of sp³-hybridized carbons (Fsp3) is 0.484. The maximum atomic E-state index is 13.0. The van der Waals surface area contributed by atoms with Crippen LogP contribution in [-0.4, -0.2) is 108 Å². The van der Waals surface area contributed by atoms with Crippen molar-refractivity contribution in [3.05, 3.63) is 162 Å². The number of carbonyl (C=O) groups excluding carboxylic acids is 5. The molecule has 112 heavy (non-hydrogen) atoms. The number of hydrogen-bond donors (Lipinski definition) is 5. The summed E-state index contributed by atoms with van der Waals surface area (Å²) in [5.41, 5.74) is 10.8. The summed E-state index contributed by atoms with van der Waals surface area (Å²) in [7, 11) is 0.160. The largest absolute Gasteiger partial charge is 0.348 e. The number of para-hydroxylation sites is 2. The summed E-state index contributed by atoms with van der Waals surface area (Å²) in [5, 5.41) is 23.9. The first-order valence-corrected chi connectivity index (χ1v) is 42.8. The van der Waals surface area contributed by atoms with Crippen LogP contribution in [0, 0.1) is 95.3 Å². The van der Waals surface area contributed by atoms with Gasteiger partial charge in [0.05, 0.1) is 29.1 Å². The molecular formula is C93H115N13O5Si. The first-order chi connectivity index (χ1) is 54.2. The lowest BCUT2D eigenvalue weighted by molar-refractivity contribution is 0.0910. The van der Waals surface area contributed by atoms with Crippen molar-refractivity contribution in [3.63, 3.8) is 0 Å². The van der Waals surface area contributed by atoms with E-state index in [0.29, 0.717) is 74.7 Å². The van der Waals surface area contributed by atoms with Crippen LogP contribution in [0.4, 0.5) is 0 Å². The van der Waals surface area contributed by atoms with E-state index in [1.54, 1.807) is 29.3 Å². The molecule has 10 unspecified atom stereocenters. The second-order valence-electron chi connectivity index (χ2n) is 31.3. The first kappa shape index (κ1) is 85.5. The number of rotatable bonds is 13. The van der Waals surface area contributed by atoms with Crippen molar-refractivity contribution >= 4 is 70.2 Å². The second-order valence-corrected chi connectivity index (χ2v) is 36.9. The fourth-order valence-electron chi connectivity index (χ4n) is 16.8. The number of aromatic nitrogens is 8. The Morgan fingerprint density at radius 1 is 0.411 bits per heavy atom. The Morgan fingerprint density at radius 3 is 1.30 bits per heavy atom. The predicted molar refractivity (Wildman–Crippen MR) is 452 cm³/mol. The van der Waals surface area contributed by atoms with Crippen LogP contribution >= 0.6 is 0 Å². The number of amides is 5. The third kappa shape index (κ3) is 24.7. The van der Waals surface area contributed by atoms with Gasteiger partial charge in [-0.1, -0.05) is 140 Å². The van der Waals surface area contributed by atoms with Crippen molar-refractivity contribution in [3.8, 4) is 58.8 Å². The molecule has 19 heteroatoms. The Balaban J connectivity index is 0.000000163. The maximum absolute atomic E-state index is 13.0. The average Bonchev–Trinajstić information content (AvgIpc) is 1.48. The molecule has 3 aromatic carbocycles. The third-order valence-electron chi connectivity index (χ3n) is 22.3. The van der Waals surface area contributed by atoms with Gasteiger partial charge in [0.25, 0.3) is 29.5 Å². The highest BCUT2D eigenvalue weighted by Crippen LogP contribution is 2.41. The van der Waals surface area contributed by atoms with E-state index < -0.39 is 8.07 Å². The molecule has 5 aliphatic rings. The van der Waals surface area contributed by atoms with Gasteiger partial charge in [0.15, 0.2) is 5.69 Å². The number of aryl methyl sites for hydroxylation is 2. The monoisotopic (exact) mass is 1520 g/mol. The maximum Gasteiger partial charge on any atom is 0.272 e. The number of hydrogen-bond acceptors (Lipinski definition) is 12. The van der Waals surface area contributed by atoms with Gasteiger partial charge in [-0.05, 0) is 177 Å². The molecule has 10 atom stereocenters. The molecule has 5 saturated carbocycles. The van der Waals surface area contributed by atoms with Gasteiger partial charge in [0, 0.05) is 108 Å². The van der Waals surface area contributed by atoms with E-state index in [1.165, 1.54) is 18.6 Å². The zero-order valence-electron chi connectivity index (χ0n) is 67.9. The van der Waals surface area contributed by atoms with E-state index in [1.807, 2.05) is 127 Å².